The maximum atomic E-state index is 14.4. The number of H-pyrrole nitrogens is 1. The molecule has 2 aliphatic heterocycles. The first-order valence-electron chi connectivity index (χ1n) is 10.7. The van der Waals surface area contributed by atoms with Crippen molar-refractivity contribution in [1.82, 2.24) is 25.6 Å². The molecule has 3 heterocycles. The SMILES string of the molecule is O=C(OCc1ccc(OC(F)(F)F)cc1)C1C[C@H]2CN(C(=O)c3cc4n[nH]nc4cc3F)C[C@H]2N1. The van der Waals surface area contributed by atoms with Crippen LogP contribution in [0.5, 0.6) is 5.75 Å². The summed E-state index contributed by atoms with van der Waals surface area (Å²) in [6.45, 7) is 0.564. The molecule has 1 unspecified atom stereocenters. The van der Waals surface area contributed by atoms with Crippen molar-refractivity contribution in [2.24, 2.45) is 5.92 Å². The predicted molar refractivity (Wildman–Crippen MR) is 111 cm³/mol. The van der Waals surface area contributed by atoms with Crippen LogP contribution >= 0.6 is 0 Å². The lowest BCUT2D eigenvalue weighted by atomic mass is 10.0. The van der Waals surface area contributed by atoms with Crippen LogP contribution < -0.4 is 10.1 Å². The monoisotopic (exact) mass is 493 g/mol. The second-order valence-corrected chi connectivity index (χ2v) is 8.48. The van der Waals surface area contributed by atoms with Crippen molar-refractivity contribution in [3.8, 4) is 5.75 Å². The number of halogens is 4. The number of ether oxygens (including phenoxy) is 2. The summed E-state index contributed by atoms with van der Waals surface area (Å²) in [5, 5.41) is 13.2. The van der Waals surface area contributed by atoms with Gasteiger partial charge in [-0.2, -0.15) is 15.4 Å². The lowest BCUT2D eigenvalue weighted by Gasteiger charge is -2.20. The third-order valence-electron chi connectivity index (χ3n) is 6.14. The number of esters is 1. The Morgan fingerprint density at radius 1 is 1.09 bits per heavy atom. The number of amides is 1. The highest BCUT2D eigenvalue weighted by Gasteiger charge is 2.45. The summed E-state index contributed by atoms with van der Waals surface area (Å²) in [6, 6.07) is 6.85. The first-order valence-corrected chi connectivity index (χ1v) is 10.7. The number of hydrogen-bond acceptors (Lipinski definition) is 7. The van der Waals surface area contributed by atoms with Crippen LogP contribution in [0, 0.1) is 11.7 Å². The number of aromatic amines is 1. The molecule has 35 heavy (non-hydrogen) atoms. The zero-order valence-electron chi connectivity index (χ0n) is 18.0. The number of rotatable bonds is 5. The molecule has 2 aromatic carbocycles. The van der Waals surface area contributed by atoms with Crippen LogP contribution in [0.4, 0.5) is 17.6 Å². The van der Waals surface area contributed by atoms with Gasteiger partial charge in [0.15, 0.2) is 0 Å². The van der Waals surface area contributed by atoms with E-state index in [1.807, 2.05) is 0 Å². The molecule has 0 spiro atoms. The number of hydrogen-bond donors (Lipinski definition) is 2. The summed E-state index contributed by atoms with van der Waals surface area (Å²) in [5.74, 6) is -2.00. The van der Waals surface area contributed by atoms with E-state index < -0.39 is 30.1 Å². The Hall–Kier alpha value is -3.74. The van der Waals surface area contributed by atoms with E-state index in [1.54, 1.807) is 4.90 Å². The van der Waals surface area contributed by atoms with Crippen LogP contribution in [-0.4, -0.2) is 63.7 Å². The molecule has 0 saturated carbocycles. The number of alkyl halides is 3. The molecule has 2 aliphatic rings. The topological polar surface area (TPSA) is 109 Å². The zero-order valence-corrected chi connectivity index (χ0v) is 18.0. The fourth-order valence-electron chi connectivity index (χ4n) is 4.50. The van der Waals surface area contributed by atoms with Crippen molar-refractivity contribution in [2.75, 3.05) is 13.1 Å². The minimum absolute atomic E-state index is 0.00542. The molecular formula is C22H19F4N5O4. The number of aromatic nitrogens is 3. The number of likely N-dealkylation sites (tertiary alicyclic amines) is 1. The van der Waals surface area contributed by atoms with Crippen LogP contribution in [0.3, 0.4) is 0 Å². The molecule has 3 aromatic rings. The summed E-state index contributed by atoms with van der Waals surface area (Å²) in [5.41, 5.74) is 1.13. The van der Waals surface area contributed by atoms with Gasteiger partial charge in [0, 0.05) is 25.2 Å². The molecule has 0 bridgehead atoms. The van der Waals surface area contributed by atoms with Crippen LogP contribution in [0.25, 0.3) is 11.0 Å². The fraction of sp³-hybridized carbons (Fsp3) is 0.364. The van der Waals surface area contributed by atoms with Gasteiger partial charge in [0.05, 0.1) is 5.56 Å². The molecule has 0 aliphatic carbocycles. The maximum absolute atomic E-state index is 14.4. The van der Waals surface area contributed by atoms with Crippen molar-refractivity contribution in [3.63, 3.8) is 0 Å². The normalized spacial score (nSPS) is 21.8. The lowest BCUT2D eigenvalue weighted by Crippen LogP contribution is -2.41. The van der Waals surface area contributed by atoms with Gasteiger partial charge >= 0.3 is 12.3 Å². The summed E-state index contributed by atoms with van der Waals surface area (Å²) < 4.78 is 60.2. The van der Waals surface area contributed by atoms with Crippen molar-refractivity contribution in [3.05, 3.63) is 53.3 Å². The third-order valence-corrected chi connectivity index (χ3v) is 6.14. The number of nitrogens with one attached hydrogen (secondary N) is 2. The van der Waals surface area contributed by atoms with Gasteiger partial charge in [-0.1, -0.05) is 12.1 Å². The zero-order chi connectivity index (χ0) is 24.7. The lowest BCUT2D eigenvalue weighted by molar-refractivity contribution is -0.274. The van der Waals surface area contributed by atoms with Crippen LogP contribution in [0.2, 0.25) is 0 Å². The van der Waals surface area contributed by atoms with E-state index in [1.165, 1.54) is 18.2 Å². The standard InChI is InChI=1S/C22H19F4N5O4/c23-15-7-17-16(28-30-29-17)6-14(15)20(32)31-8-12-5-18(27-19(12)9-31)21(33)34-10-11-1-3-13(4-2-11)35-22(24,25)26/h1-4,6-7,12,18-19,27H,5,8-10H2,(H,28,29,30)/t12-,18?,19+/m0/s1. The van der Waals surface area contributed by atoms with E-state index in [2.05, 4.69) is 25.5 Å². The molecule has 13 heteroatoms. The molecule has 2 fully saturated rings. The minimum atomic E-state index is -4.78. The maximum Gasteiger partial charge on any atom is 0.573 e. The van der Waals surface area contributed by atoms with Gasteiger partial charge < -0.3 is 14.4 Å². The Bertz CT molecular complexity index is 1250. The highest BCUT2D eigenvalue weighted by Crippen LogP contribution is 2.31. The third kappa shape index (κ3) is 4.90. The smallest absolute Gasteiger partial charge is 0.460 e. The quantitative estimate of drug-likeness (QED) is 0.415. The molecule has 1 aromatic heterocycles. The number of fused-ring (bicyclic) bond motifs is 2. The summed E-state index contributed by atoms with van der Waals surface area (Å²) in [7, 11) is 0. The Labute approximate surface area is 195 Å². The van der Waals surface area contributed by atoms with Gasteiger partial charge in [-0.3, -0.25) is 14.9 Å². The molecule has 5 rings (SSSR count). The van der Waals surface area contributed by atoms with Gasteiger partial charge in [0.2, 0.25) is 0 Å². The molecule has 0 radical (unpaired) electrons. The molecule has 2 saturated heterocycles. The van der Waals surface area contributed by atoms with Gasteiger partial charge in [-0.15, -0.1) is 13.2 Å². The van der Waals surface area contributed by atoms with E-state index >= 15 is 0 Å². The number of carbonyl (C=O) groups excluding carboxylic acids is 2. The van der Waals surface area contributed by atoms with Gasteiger partial charge in [0.25, 0.3) is 5.91 Å². The van der Waals surface area contributed by atoms with E-state index in [-0.39, 0.29) is 29.9 Å². The van der Waals surface area contributed by atoms with Crippen molar-refractivity contribution in [2.45, 2.75) is 31.5 Å². The van der Waals surface area contributed by atoms with E-state index in [4.69, 9.17) is 4.74 Å². The molecule has 184 valence electrons. The Balaban J connectivity index is 1.13. The summed E-state index contributed by atoms with van der Waals surface area (Å²) in [4.78, 5) is 26.9. The summed E-state index contributed by atoms with van der Waals surface area (Å²) in [6.07, 6.45) is -4.34. The molecule has 9 nitrogen and oxygen atoms in total. The highest BCUT2D eigenvalue weighted by atomic mass is 19.4. The second kappa shape index (κ2) is 8.80. The van der Waals surface area contributed by atoms with Crippen molar-refractivity contribution >= 4 is 22.9 Å². The van der Waals surface area contributed by atoms with Crippen molar-refractivity contribution in [1.29, 1.82) is 0 Å². The second-order valence-electron chi connectivity index (χ2n) is 8.48. The number of benzene rings is 2. The van der Waals surface area contributed by atoms with Crippen LogP contribution in [-0.2, 0) is 16.1 Å². The average Bonchev–Trinajstić information content (AvgIpc) is 3.51. The fourth-order valence-corrected chi connectivity index (χ4v) is 4.50. The molecule has 2 N–H and O–H groups in total. The average molecular weight is 493 g/mol. The first-order chi connectivity index (χ1) is 16.7. The Morgan fingerprint density at radius 2 is 1.80 bits per heavy atom. The predicted octanol–water partition coefficient (Wildman–Crippen LogP) is 2.54. The van der Waals surface area contributed by atoms with Gasteiger partial charge in [-0.25, -0.2) is 4.39 Å². The minimum Gasteiger partial charge on any atom is -0.460 e. The van der Waals surface area contributed by atoms with E-state index in [0.29, 0.717) is 36.1 Å². The summed E-state index contributed by atoms with van der Waals surface area (Å²) >= 11 is 0. The Kier molecular flexibility index (Phi) is 5.79. The molecule has 1 amide bonds. The first kappa shape index (κ1) is 23.0. The molecule has 3 atom stereocenters. The van der Waals surface area contributed by atoms with E-state index in [0.717, 1.165) is 18.2 Å². The number of carbonyl (C=O) groups is 2. The van der Waals surface area contributed by atoms with Gasteiger partial charge in [0.1, 0.15) is 35.2 Å². The Morgan fingerprint density at radius 3 is 2.49 bits per heavy atom. The van der Waals surface area contributed by atoms with Crippen LogP contribution in [0.1, 0.15) is 22.3 Å². The molecular weight excluding hydrogens is 474 g/mol. The largest absolute Gasteiger partial charge is 0.573 e. The van der Waals surface area contributed by atoms with Crippen molar-refractivity contribution < 1.29 is 36.6 Å². The van der Waals surface area contributed by atoms with Crippen LogP contribution in [0.15, 0.2) is 36.4 Å². The van der Waals surface area contributed by atoms with E-state index in [9.17, 15) is 27.2 Å². The number of nitrogens with zero attached hydrogens (tertiary/aromatic N) is 3. The van der Waals surface area contributed by atoms with Gasteiger partial charge in [-0.05, 0) is 36.1 Å². The highest BCUT2D eigenvalue weighted by molar-refractivity contribution is 5.97.